The summed E-state index contributed by atoms with van der Waals surface area (Å²) >= 11 is 0. The van der Waals surface area contributed by atoms with Crippen LogP contribution in [0.3, 0.4) is 0 Å². The van der Waals surface area contributed by atoms with E-state index in [4.69, 9.17) is 4.74 Å². The third-order valence-corrected chi connectivity index (χ3v) is 6.20. The summed E-state index contributed by atoms with van der Waals surface area (Å²) in [6.07, 6.45) is 9.15. The van der Waals surface area contributed by atoms with Crippen molar-refractivity contribution in [2.45, 2.75) is 101 Å². The molecule has 242 valence electrons. The fourth-order valence-electron chi connectivity index (χ4n) is 3.35. The molecule has 4 nitrogen and oxygen atoms in total. The van der Waals surface area contributed by atoms with Crippen LogP contribution in [-0.2, 0) is 6.42 Å². The van der Waals surface area contributed by atoms with Gasteiger partial charge in [0.15, 0.2) is 0 Å². The summed E-state index contributed by atoms with van der Waals surface area (Å²) in [5.41, 5.74) is 3.99. The SMILES string of the molecule is C=Nc1cc(F)ccc1C.CC.CCCCN(C)CCC(C)C.CCCCOc1ccc(C)cc1.CCc1ccccn1. The van der Waals surface area contributed by atoms with Gasteiger partial charge in [-0.05, 0) is 114 Å². The van der Waals surface area contributed by atoms with E-state index in [1.54, 1.807) is 6.07 Å². The molecule has 0 radical (unpaired) electrons. The molecule has 2 aromatic carbocycles. The number of halogens is 1. The van der Waals surface area contributed by atoms with Gasteiger partial charge in [0, 0.05) is 11.9 Å². The van der Waals surface area contributed by atoms with Crippen LogP contribution in [0.15, 0.2) is 71.9 Å². The predicted molar refractivity (Wildman–Crippen MR) is 189 cm³/mol. The molecule has 0 unspecified atom stereocenters. The van der Waals surface area contributed by atoms with Crippen LogP contribution in [0.25, 0.3) is 0 Å². The van der Waals surface area contributed by atoms with E-state index in [-0.39, 0.29) is 5.82 Å². The number of nitrogens with zero attached hydrogens (tertiary/aromatic N) is 3. The van der Waals surface area contributed by atoms with Crippen LogP contribution in [-0.4, -0.2) is 43.3 Å². The van der Waals surface area contributed by atoms with Gasteiger partial charge in [0.05, 0.1) is 12.3 Å². The van der Waals surface area contributed by atoms with Crippen LogP contribution < -0.4 is 4.74 Å². The third-order valence-electron chi connectivity index (χ3n) is 6.20. The molecule has 3 aromatic rings. The van der Waals surface area contributed by atoms with Crippen molar-refractivity contribution in [2.24, 2.45) is 10.9 Å². The molecule has 1 heterocycles. The Morgan fingerprint density at radius 2 is 1.56 bits per heavy atom. The average Bonchev–Trinajstić information content (AvgIpc) is 3.03. The normalized spacial score (nSPS) is 9.70. The molecule has 0 aliphatic heterocycles. The standard InChI is InChI=1S/C11H16O.C10H23N.C8H8FN.C7H9N.C2H6/c1-3-4-9-12-11-7-5-10(2)6-8-11;1-5-6-8-11(4)9-7-10(2)3;1-6-3-4-7(9)5-8(6)10-2;1-2-7-5-3-4-6-8-7;1-2/h5-8H,3-4,9H2,1-2H3;10H,5-9H2,1-4H3;3-5H,2H2,1H3;3-6H,2H2,1H3;1-2H3. The first kappa shape index (κ1) is 42.1. The fourth-order valence-corrected chi connectivity index (χ4v) is 3.35. The van der Waals surface area contributed by atoms with Gasteiger partial charge in [0.25, 0.3) is 0 Å². The zero-order chi connectivity index (χ0) is 32.9. The van der Waals surface area contributed by atoms with Crippen LogP contribution in [0.1, 0.15) is 97.4 Å². The number of hydrogen-bond acceptors (Lipinski definition) is 4. The first-order chi connectivity index (χ1) is 20.7. The van der Waals surface area contributed by atoms with Crippen LogP contribution in [0.2, 0.25) is 0 Å². The van der Waals surface area contributed by atoms with Gasteiger partial charge >= 0.3 is 0 Å². The van der Waals surface area contributed by atoms with Crippen molar-refractivity contribution < 1.29 is 9.13 Å². The molecular weight excluding hydrogens is 533 g/mol. The van der Waals surface area contributed by atoms with Crippen molar-refractivity contribution in [3.05, 3.63) is 89.5 Å². The summed E-state index contributed by atoms with van der Waals surface area (Å²) < 4.78 is 17.9. The van der Waals surface area contributed by atoms with Gasteiger partial charge < -0.3 is 9.64 Å². The van der Waals surface area contributed by atoms with Crippen molar-refractivity contribution in [1.29, 1.82) is 0 Å². The van der Waals surface area contributed by atoms with E-state index in [2.05, 4.69) is 82.3 Å². The van der Waals surface area contributed by atoms with Gasteiger partial charge in [-0.2, -0.15) is 0 Å². The van der Waals surface area contributed by atoms with E-state index in [0.29, 0.717) is 5.69 Å². The minimum Gasteiger partial charge on any atom is -0.494 e. The van der Waals surface area contributed by atoms with Crippen molar-refractivity contribution in [3.63, 3.8) is 0 Å². The van der Waals surface area contributed by atoms with Crippen LogP contribution in [0.4, 0.5) is 10.1 Å². The molecule has 0 aliphatic rings. The van der Waals surface area contributed by atoms with Gasteiger partial charge in [0.1, 0.15) is 11.6 Å². The Morgan fingerprint density at radius 3 is 2.02 bits per heavy atom. The topological polar surface area (TPSA) is 37.7 Å². The molecule has 0 aliphatic carbocycles. The fraction of sp³-hybridized carbons (Fsp3) is 0.526. The lowest BCUT2D eigenvalue weighted by atomic mass is 10.1. The Kier molecular flexibility index (Phi) is 28.4. The van der Waals surface area contributed by atoms with Crippen molar-refractivity contribution in [2.75, 3.05) is 26.7 Å². The third kappa shape index (κ3) is 25.2. The Labute approximate surface area is 264 Å². The first-order valence-electron chi connectivity index (χ1n) is 16.2. The van der Waals surface area contributed by atoms with E-state index in [9.17, 15) is 4.39 Å². The van der Waals surface area contributed by atoms with Crippen molar-refractivity contribution >= 4 is 12.4 Å². The van der Waals surface area contributed by atoms with Gasteiger partial charge in [-0.25, -0.2) is 4.39 Å². The lowest BCUT2D eigenvalue weighted by Crippen LogP contribution is -2.21. The minimum atomic E-state index is -0.270. The van der Waals surface area contributed by atoms with Crippen LogP contribution in [0.5, 0.6) is 5.75 Å². The van der Waals surface area contributed by atoms with Crippen LogP contribution >= 0.6 is 0 Å². The number of benzene rings is 2. The smallest absolute Gasteiger partial charge is 0.125 e. The molecule has 0 bridgehead atoms. The molecule has 43 heavy (non-hydrogen) atoms. The summed E-state index contributed by atoms with van der Waals surface area (Å²) in [5, 5.41) is 0. The molecule has 0 N–H and O–H groups in total. The maximum Gasteiger partial charge on any atom is 0.125 e. The Hall–Kier alpha value is -3.05. The number of hydrogen-bond donors (Lipinski definition) is 0. The molecule has 0 saturated heterocycles. The predicted octanol–water partition coefficient (Wildman–Crippen LogP) is 11.1. The second kappa shape index (κ2) is 29.0. The second-order valence-corrected chi connectivity index (χ2v) is 10.6. The van der Waals surface area contributed by atoms with Crippen molar-refractivity contribution in [1.82, 2.24) is 9.88 Å². The molecule has 3 rings (SSSR count). The largest absolute Gasteiger partial charge is 0.494 e. The summed E-state index contributed by atoms with van der Waals surface area (Å²) in [5.74, 6) is 1.56. The molecule has 0 atom stereocenters. The Bertz CT molecular complexity index is 1020. The maximum absolute atomic E-state index is 12.4. The zero-order valence-corrected chi connectivity index (χ0v) is 29.1. The van der Waals surface area contributed by atoms with Crippen LogP contribution in [0, 0.1) is 25.6 Å². The highest BCUT2D eigenvalue weighted by atomic mass is 19.1. The number of aryl methyl sites for hydroxylation is 3. The monoisotopic (exact) mass is 595 g/mol. The highest BCUT2D eigenvalue weighted by molar-refractivity contribution is 5.50. The van der Waals surface area contributed by atoms with E-state index < -0.39 is 0 Å². The van der Waals surface area contributed by atoms with Gasteiger partial charge in [-0.1, -0.05) is 91.1 Å². The zero-order valence-electron chi connectivity index (χ0n) is 29.1. The van der Waals surface area contributed by atoms with Crippen molar-refractivity contribution in [3.8, 4) is 5.75 Å². The average molecular weight is 596 g/mol. The molecule has 0 spiro atoms. The molecular formula is C38H62FN3O. The summed E-state index contributed by atoms with van der Waals surface area (Å²) in [6.45, 7) is 25.7. The Balaban J connectivity index is 0. The van der Waals surface area contributed by atoms with E-state index in [0.717, 1.165) is 42.4 Å². The van der Waals surface area contributed by atoms with Gasteiger partial charge in [-0.15, -0.1) is 0 Å². The second-order valence-electron chi connectivity index (χ2n) is 10.6. The highest BCUT2D eigenvalue weighted by Gasteiger charge is 1.99. The van der Waals surface area contributed by atoms with E-state index in [1.807, 2.05) is 57.3 Å². The number of unbranched alkanes of at least 4 members (excludes halogenated alkanes) is 2. The summed E-state index contributed by atoms with van der Waals surface area (Å²) in [6, 6.07) is 18.6. The minimum absolute atomic E-state index is 0.270. The van der Waals surface area contributed by atoms with E-state index >= 15 is 0 Å². The highest BCUT2D eigenvalue weighted by Crippen LogP contribution is 2.18. The number of rotatable bonds is 12. The quantitative estimate of drug-likeness (QED) is 0.154. The molecule has 5 heteroatoms. The first-order valence-corrected chi connectivity index (χ1v) is 16.2. The number of aromatic nitrogens is 1. The van der Waals surface area contributed by atoms with E-state index in [1.165, 1.54) is 56.5 Å². The molecule has 1 aromatic heterocycles. The molecule has 0 saturated carbocycles. The summed E-state index contributed by atoms with van der Waals surface area (Å²) in [4.78, 5) is 10.2. The summed E-state index contributed by atoms with van der Waals surface area (Å²) in [7, 11) is 2.22. The number of aliphatic imine (C=N–C) groups is 1. The van der Waals surface area contributed by atoms with Gasteiger partial charge in [0.2, 0.25) is 0 Å². The molecule has 0 amide bonds. The Morgan fingerprint density at radius 1 is 0.907 bits per heavy atom. The lowest BCUT2D eigenvalue weighted by Gasteiger charge is -2.16. The number of pyridine rings is 1. The maximum atomic E-state index is 12.4. The lowest BCUT2D eigenvalue weighted by molar-refractivity contribution is 0.306. The number of ether oxygens (including phenoxy) is 1. The molecule has 0 fully saturated rings. The van der Waals surface area contributed by atoms with Gasteiger partial charge in [-0.3, -0.25) is 9.98 Å².